The summed E-state index contributed by atoms with van der Waals surface area (Å²) in [5, 5.41) is 3.28. The van der Waals surface area contributed by atoms with E-state index in [-0.39, 0.29) is 5.91 Å². The van der Waals surface area contributed by atoms with Crippen molar-refractivity contribution >= 4 is 17.4 Å². The summed E-state index contributed by atoms with van der Waals surface area (Å²) >= 11 is 0. The minimum Gasteiger partial charge on any atom is -0.493 e. The van der Waals surface area contributed by atoms with E-state index >= 15 is 0 Å². The summed E-state index contributed by atoms with van der Waals surface area (Å²) < 4.78 is 10.6. The summed E-state index contributed by atoms with van der Waals surface area (Å²) in [6, 6.07) is 18.9. The normalized spacial score (nSPS) is 10.3. The maximum atomic E-state index is 12.8. The second-order valence-electron chi connectivity index (χ2n) is 6.50. The summed E-state index contributed by atoms with van der Waals surface area (Å²) in [4.78, 5) is 18.7. The van der Waals surface area contributed by atoms with E-state index < -0.39 is 0 Å². The molecule has 1 heterocycles. The number of hydrogen-bond acceptors (Lipinski definition) is 5. The van der Waals surface area contributed by atoms with Crippen LogP contribution in [0.3, 0.4) is 0 Å². The number of nitrogens with zero attached hydrogens (tertiary/aromatic N) is 2. The molecule has 150 valence electrons. The largest absolute Gasteiger partial charge is 0.493 e. The molecule has 0 aliphatic carbocycles. The average molecular weight is 391 g/mol. The first-order chi connectivity index (χ1) is 14.1. The maximum absolute atomic E-state index is 12.8. The SMILES string of the molecule is COc1ccc(CCNc2cc(C(=O)N(C)c3ccccc3)ccn2)cc1OC. The van der Waals surface area contributed by atoms with Crippen LogP contribution in [0.1, 0.15) is 15.9 Å². The van der Waals surface area contributed by atoms with Crippen molar-refractivity contribution in [2.75, 3.05) is 38.0 Å². The molecule has 1 aromatic heterocycles. The molecule has 0 spiro atoms. The van der Waals surface area contributed by atoms with E-state index in [1.54, 1.807) is 44.5 Å². The molecule has 29 heavy (non-hydrogen) atoms. The van der Waals surface area contributed by atoms with Crippen molar-refractivity contribution in [2.45, 2.75) is 6.42 Å². The summed E-state index contributed by atoms with van der Waals surface area (Å²) in [7, 11) is 5.01. The molecule has 0 atom stereocenters. The Morgan fingerprint density at radius 2 is 1.76 bits per heavy atom. The van der Waals surface area contributed by atoms with Crippen LogP contribution < -0.4 is 19.7 Å². The molecular weight excluding hydrogens is 366 g/mol. The number of amides is 1. The van der Waals surface area contributed by atoms with Crippen molar-refractivity contribution in [2.24, 2.45) is 0 Å². The average Bonchev–Trinajstić information content (AvgIpc) is 2.78. The zero-order valence-electron chi connectivity index (χ0n) is 16.9. The molecule has 1 N–H and O–H groups in total. The van der Waals surface area contributed by atoms with Crippen LogP contribution in [-0.2, 0) is 6.42 Å². The van der Waals surface area contributed by atoms with Gasteiger partial charge in [-0.2, -0.15) is 0 Å². The molecule has 3 aromatic rings. The first-order valence-electron chi connectivity index (χ1n) is 9.36. The van der Waals surface area contributed by atoms with Gasteiger partial charge in [0.05, 0.1) is 14.2 Å². The minimum atomic E-state index is -0.0819. The summed E-state index contributed by atoms with van der Waals surface area (Å²) in [6.45, 7) is 0.675. The lowest BCUT2D eigenvalue weighted by atomic mass is 10.1. The van der Waals surface area contributed by atoms with Crippen LogP contribution >= 0.6 is 0 Å². The number of benzene rings is 2. The Morgan fingerprint density at radius 1 is 1.00 bits per heavy atom. The van der Waals surface area contributed by atoms with Crippen molar-refractivity contribution in [1.82, 2.24) is 4.98 Å². The molecule has 3 rings (SSSR count). The van der Waals surface area contributed by atoms with Gasteiger partial charge in [0.15, 0.2) is 11.5 Å². The van der Waals surface area contributed by atoms with Crippen LogP contribution in [0.25, 0.3) is 0 Å². The van der Waals surface area contributed by atoms with Gasteiger partial charge in [0.25, 0.3) is 5.91 Å². The van der Waals surface area contributed by atoms with Gasteiger partial charge in [0.1, 0.15) is 5.82 Å². The molecule has 6 heteroatoms. The van der Waals surface area contributed by atoms with E-state index in [0.717, 1.165) is 17.7 Å². The lowest BCUT2D eigenvalue weighted by molar-refractivity contribution is 0.0993. The number of hydrogen-bond donors (Lipinski definition) is 1. The van der Waals surface area contributed by atoms with Crippen molar-refractivity contribution in [3.8, 4) is 11.5 Å². The molecule has 0 unspecified atom stereocenters. The molecular formula is C23H25N3O3. The molecule has 0 radical (unpaired) electrons. The maximum Gasteiger partial charge on any atom is 0.258 e. The van der Waals surface area contributed by atoms with Gasteiger partial charge < -0.3 is 19.7 Å². The monoisotopic (exact) mass is 391 g/mol. The van der Waals surface area contributed by atoms with Crippen molar-refractivity contribution in [3.05, 3.63) is 78.0 Å². The summed E-state index contributed by atoms with van der Waals surface area (Å²) in [5.74, 6) is 2.00. The molecule has 0 saturated carbocycles. The van der Waals surface area contributed by atoms with Crippen LogP contribution in [-0.4, -0.2) is 38.7 Å². The third kappa shape index (κ3) is 5.04. The zero-order chi connectivity index (χ0) is 20.6. The van der Waals surface area contributed by atoms with Crippen LogP contribution in [0.4, 0.5) is 11.5 Å². The summed E-state index contributed by atoms with van der Waals surface area (Å²) in [6.07, 6.45) is 2.43. The van der Waals surface area contributed by atoms with E-state index in [1.165, 1.54) is 0 Å². The Balaban J connectivity index is 1.62. The summed E-state index contributed by atoms with van der Waals surface area (Å²) in [5.41, 5.74) is 2.54. The van der Waals surface area contributed by atoms with E-state index in [0.29, 0.717) is 29.4 Å². The van der Waals surface area contributed by atoms with Gasteiger partial charge in [-0.3, -0.25) is 4.79 Å². The molecule has 6 nitrogen and oxygen atoms in total. The predicted molar refractivity (Wildman–Crippen MR) is 115 cm³/mol. The van der Waals surface area contributed by atoms with Gasteiger partial charge in [0, 0.05) is 31.0 Å². The Bertz CT molecular complexity index is 961. The number of methoxy groups -OCH3 is 2. The smallest absolute Gasteiger partial charge is 0.258 e. The molecule has 1 amide bonds. The fourth-order valence-electron chi connectivity index (χ4n) is 2.99. The number of para-hydroxylation sites is 1. The topological polar surface area (TPSA) is 63.7 Å². The van der Waals surface area contributed by atoms with Crippen molar-refractivity contribution in [3.63, 3.8) is 0 Å². The molecule has 0 aliphatic heterocycles. The van der Waals surface area contributed by atoms with Crippen LogP contribution in [0.15, 0.2) is 66.9 Å². The van der Waals surface area contributed by atoms with Gasteiger partial charge in [-0.25, -0.2) is 4.98 Å². The lowest BCUT2D eigenvalue weighted by Gasteiger charge is -2.17. The minimum absolute atomic E-state index is 0.0819. The fourth-order valence-corrected chi connectivity index (χ4v) is 2.99. The highest BCUT2D eigenvalue weighted by Gasteiger charge is 2.14. The third-order valence-electron chi connectivity index (χ3n) is 4.62. The van der Waals surface area contributed by atoms with E-state index in [4.69, 9.17) is 9.47 Å². The standard InChI is InChI=1S/C23H25N3O3/c1-26(19-7-5-4-6-8-19)23(27)18-12-14-25-22(16-18)24-13-11-17-9-10-20(28-2)21(15-17)29-3/h4-10,12,14-16H,11,13H2,1-3H3,(H,24,25). The first kappa shape index (κ1) is 20.2. The van der Waals surface area contributed by atoms with Gasteiger partial charge in [-0.1, -0.05) is 24.3 Å². The second kappa shape index (κ2) is 9.59. The number of aromatic nitrogens is 1. The van der Waals surface area contributed by atoms with Crippen LogP contribution in [0.5, 0.6) is 11.5 Å². The highest BCUT2D eigenvalue weighted by atomic mass is 16.5. The fraction of sp³-hybridized carbons (Fsp3) is 0.217. The number of nitrogens with one attached hydrogen (secondary N) is 1. The van der Waals surface area contributed by atoms with E-state index in [2.05, 4.69) is 10.3 Å². The molecule has 0 aliphatic rings. The van der Waals surface area contributed by atoms with Gasteiger partial charge in [-0.05, 0) is 48.4 Å². The quantitative estimate of drug-likeness (QED) is 0.628. The number of anilines is 2. The van der Waals surface area contributed by atoms with Crippen LogP contribution in [0, 0.1) is 0 Å². The number of carbonyl (C=O) groups is 1. The molecule has 0 bridgehead atoms. The third-order valence-corrected chi connectivity index (χ3v) is 4.62. The van der Waals surface area contributed by atoms with E-state index in [9.17, 15) is 4.79 Å². The van der Waals surface area contributed by atoms with Gasteiger partial charge in [0.2, 0.25) is 0 Å². The number of pyridine rings is 1. The van der Waals surface area contributed by atoms with Crippen LogP contribution in [0.2, 0.25) is 0 Å². The Hall–Kier alpha value is -3.54. The lowest BCUT2D eigenvalue weighted by Crippen LogP contribution is -2.26. The van der Waals surface area contributed by atoms with Gasteiger partial charge >= 0.3 is 0 Å². The molecule has 0 saturated heterocycles. The van der Waals surface area contributed by atoms with Gasteiger partial charge in [-0.15, -0.1) is 0 Å². The van der Waals surface area contributed by atoms with E-state index in [1.807, 2.05) is 48.5 Å². The van der Waals surface area contributed by atoms with Crippen molar-refractivity contribution < 1.29 is 14.3 Å². The molecule has 0 fully saturated rings. The Morgan fingerprint density at radius 3 is 2.48 bits per heavy atom. The molecule has 2 aromatic carbocycles. The number of ether oxygens (including phenoxy) is 2. The second-order valence-corrected chi connectivity index (χ2v) is 6.50. The first-order valence-corrected chi connectivity index (χ1v) is 9.36. The Labute approximate surface area is 171 Å². The highest BCUT2D eigenvalue weighted by Crippen LogP contribution is 2.27. The predicted octanol–water partition coefficient (Wildman–Crippen LogP) is 4.03. The number of carbonyl (C=O) groups excluding carboxylic acids is 1. The Kier molecular flexibility index (Phi) is 6.68. The zero-order valence-corrected chi connectivity index (χ0v) is 16.9. The number of rotatable bonds is 8. The van der Waals surface area contributed by atoms with Crippen molar-refractivity contribution in [1.29, 1.82) is 0 Å². The highest BCUT2D eigenvalue weighted by molar-refractivity contribution is 6.06.